The van der Waals surface area contributed by atoms with Crippen molar-refractivity contribution in [3.63, 3.8) is 0 Å². The Morgan fingerprint density at radius 3 is 1.42 bits per heavy atom. The number of imidazole rings is 2. The number of likely N-dealkylation sites (N-methyl/N-ethyl adjacent to an activating group) is 2. The number of rotatable bonds is 15. The maximum absolute atomic E-state index is 14.8. The lowest BCUT2D eigenvalue weighted by Gasteiger charge is -2.31. The quantitative estimate of drug-likeness (QED) is 0.101. The fraction of sp³-hybridized carbons (Fsp3) is 0.571. The van der Waals surface area contributed by atoms with Gasteiger partial charge in [-0.2, -0.15) is 0 Å². The van der Waals surface area contributed by atoms with Crippen LogP contribution in [0.15, 0.2) is 36.4 Å². The summed E-state index contributed by atoms with van der Waals surface area (Å²) in [5, 5.41) is 33.7. The number of aliphatic hydroxyl groups is 2. The zero-order valence-electron chi connectivity index (χ0n) is 34.3. The molecule has 2 saturated heterocycles. The molecule has 0 spiro atoms. The summed E-state index contributed by atoms with van der Waals surface area (Å²) in [6.45, 7) is 3.78. The van der Waals surface area contributed by atoms with Crippen molar-refractivity contribution in [2.75, 3.05) is 27.2 Å². The number of fused-ring (bicyclic) bond motifs is 2. The largest absolute Gasteiger partial charge is 0.391 e. The smallest absolute Gasteiger partial charge is 0.245 e. The first-order valence-corrected chi connectivity index (χ1v) is 21.0. The standard InChI is InChI=1S/C42H54F2N10O6/c1-21(45-3)39(57)49-35(23-5-6-23)41(59)51-19-29(55)15-27(51)17-53-33-11-9-25(43)13-31(33)47-37(53)38-48-32-14-26(44)10-12-34(32)54(38)18-28-16-30(56)20-52(28)42(60)36(24-7-8-24)50-40(58)22(2)46-4/h9-14,21-24,27-30,35-36,45-46,55-56H,5-8,15-20H2,1-4H3,(H,49,57)(H,50,58)/t21-,22-,27+,28+,29?,30?,35-,36-/m1/s1. The summed E-state index contributed by atoms with van der Waals surface area (Å²) in [7, 11) is 3.33. The Balaban J connectivity index is 1.16. The topological polar surface area (TPSA) is 199 Å². The highest BCUT2D eigenvalue weighted by atomic mass is 19.1. The lowest BCUT2D eigenvalue weighted by Crippen LogP contribution is -2.55. The summed E-state index contributed by atoms with van der Waals surface area (Å²) in [4.78, 5) is 67.5. The average molecular weight is 833 g/mol. The van der Waals surface area contributed by atoms with Gasteiger partial charge in [-0.1, -0.05) is 0 Å². The van der Waals surface area contributed by atoms with E-state index in [-0.39, 0.29) is 86.1 Å². The number of likely N-dealkylation sites (tertiary alicyclic amines) is 2. The number of amides is 4. The molecule has 2 saturated carbocycles. The highest BCUT2D eigenvalue weighted by molar-refractivity contribution is 5.91. The van der Waals surface area contributed by atoms with Gasteiger partial charge in [0.1, 0.15) is 23.7 Å². The number of benzene rings is 2. The first-order valence-electron chi connectivity index (χ1n) is 21.0. The van der Waals surface area contributed by atoms with Crippen LogP contribution in [0.25, 0.3) is 33.7 Å². The maximum atomic E-state index is 14.8. The molecule has 2 aliphatic heterocycles. The van der Waals surface area contributed by atoms with Crippen molar-refractivity contribution in [1.82, 2.24) is 50.2 Å². The van der Waals surface area contributed by atoms with Crippen molar-refractivity contribution in [3.8, 4) is 11.6 Å². The number of nitrogens with zero attached hydrogens (tertiary/aromatic N) is 6. The van der Waals surface area contributed by atoms with E-state index in [9.17, 15) is 38.2 Å². The van der Waals surface area contributed by atoms with Gasteiger partial charge in [0.15, 0.2) is 11.6 Å². The Morgan fingerprint density at radius 1 is 0.683 bits per heavy atom. The molecule has 6 N–H and O–H groups in total. The second-order valence-electron chi connectivity index (χ2n) is 17.1. The molecule has 322 valence electrons. The molecule has 0 bridgehead atoms. The minimum absolute atomic E-state index is 0.0231. The molecule has 4 aliphatic rings. The van der Waals surface area contributed by atoms with Crippen molar-refractivity contribution < 1.29 is 38.2 Å². The van der Waals surface area contributed by atoms with Crippen LogP contribution in [0.4, 0.5) is 8.78 Å². The van der Waals surface area contributed by atoms with Crippen LogP contribution in [0, 0.1) is 23.5 Å². The van der Waals surface area contributed by atoms with Gasteiger partial charge in [0.2, 0.25) is 23.6 Å². The lowest BCUT2D eigenvalue weighted by molar-refractivity contribution is -0.138. The minimum atomic E-state index is -0.836. The zero-order valence-corrected chi connectivity index (χ0v) is 34.3. The molecule has 2 aromatic heterocycles. The molecular formula is C42H54F2N10O6. The van der Waals surface area contributed by atoms with Crippen LogP contribution in [0.5, 0.6) is 0 Å². The molecule has 60 heavy (non-hydrogen) atoms. The summed E-state index contributed by atoms with van der Waals surface area (Å²) < 4.78 is 33.3. The fourth-order valence-corrected chi connectivity index (χ4v) is 8.81. The summed E-state index contributed by atoms with van der Waals surface area (Å²) in [5.74, 6) is -1.69. The number of nitrogens with one attached hydrogen (secondary N) is 4. The second kappa shape index (κ2) is 16.8. The molecule has 4 amide bonds. The second-order valence-corrected chi connectivity index (χ2v) is 17.1. The highest BCUT2D eigenvalue weighted by Gasteiger charge is 2.46. The Bertz CT molecular complexity index is 2130. The molecule has 8 rings (SSSR count). The van der Waals surface area contributed by atoms with Crippen LogP contribution in [0.2, 0.25) is 0 Å². The Labute approximate surface area is 346 Å². The van der Waals surface area contributed by atoms with Gasteiger partial charge in [-0.15, -0.1) is 0 Å². The fourth-order valence-electron chi connectivity index (χ4n) is 8.81. The number of β-amino-alcohol motifs (C(OH)–C–C–N with tert-alkyl or cyclic N) is 2. The Morgan fingerprint density at radius 2 is 1.07 bits per heavy atom. The summed E-state index contributed by atoms with van der Waals surface area (Å²) >= 11 is 0. The van der Waals surface area contributed by atoms with Gasteiger partial charge in [0.25, 0.3) is 0 Å². The Kier molecular flexibility index (Phi) is 11.7. The normalized spacial score (nSPS) is 23.9. The van der Waals surface area contributed by atoms with E-state index < -0.39 is 60.1 Å². The zero-order chi connectivity index (χ0) is 42.6. The monoisotopic (exact) mass is 832 g/mol. The van der Waals surface area contributed by atoms with E-state index in [1.54, 1.807) is 49.9 Å². The van der Waals surface area contributed by atoms with Crippen LogP contribution in [-0.2, 0) is 32.3 Å². The van der Waals surface area contributed by atoms with E-state index in [4.69, 9.17) is 9.97 Å². The summed E-state index contributed by atoms with van der Waals surface area (Å²) in [5.41, 5.74) is 1.68. The molecule has 16 nitrogen and oxygen atoms in total. The van der Waals surface area contributed by atoms with Gasteiger partial charge in [0.05, 0.1) is 58.4 Å². The number of aromatic nitrogens is 4. The highest BCUT2D eigenvalue weighted by Crippen LogP contribution is 2.38. The van der Waals surface area contributed by atoms with Crippen LogP contribution >= 0.6 is 0 Å². The third-order valence-electron chi connectivity index (χ3n) is 12.7. The van der Waals surface area contributed by atoms with E-state index in [0.29, 0.717) is 22.1 Å². The Hall–Kier alpha value is -5.04. The molecule has 18 heteroatoms. The number of hydrogen-bond donors (Lipinski definition) is 6. The van der Waals surface area contributed by atoms with Gasteiger partial charge in [-0.3, -0.25) is 19.2 Å². The van der Waals surface area contributed by atoms with E-state index in [2.05, 4.69) is 21.3 Å². The first kappa shape index (κ1) is 41.7. The number of carbonyl (C=O) groups excluding carboxylic acids is 4. The molecule has 0 radical (unpaired) electrons. The van der Waals surface area contributed by atoms with Crippen LogP contribution in [0.1, 0.15) is 52.4 Å². The number of halogens is 2. The third-order valence-corrected chi connectivity index (χ3v) is 12.7. The summed E-state index contributed by atoms with van der Waals surface area (Å²) in [6.07, 6.45) is 1.94. The SMILES string of the molecule is CN[C@H](C)C(=O)N[C@@H](C(=O)N1CC(O)C[C@H]1Cn1c(-c2nc3cc(F)ccc3n2C[C@@H]2CC(O)CN2C(=O)[C@H](NC(=O)[C@@H](C)NC)C2CC2)nc2cc(F)ccc21)C1CC1. The molecule has 8 atom stereocenters. The van der Waals surface area contributed by atoms with Crippen molar-refractivity contribution in [1.29, 1.82) is 0 Å². The molecule has 2 unspecified atom stereocenters. The molecule has 4 heterocycles. The minimum Gasteiger partial charge on any atom is -0.391 e. The van der Waals surface area contributed by atoms with Crippen molar-refractivity contribution >= 4 is 45.7 Å². The number of aliphatic hydroxyl groups excluding tert-OH is 2. The molecular weight excluding hydrogens is 779 g/mol. The van der Waals surface area contributed by atoms with Gasteiger partial charge in [0, 0.05) is 38.3 Å². The van der Waals surface area contributed by atoms with Crippen LogP contribution in [-0.4, -0.2) is 138 Å². The van der Waals surface area contributed by atoms with Gasteiger partial charge >= 0.3 is 0 Å². The van der Waals surface area contributed by atoms with E-state index >= 15 is 0 Å². The average Bonchev–Trinajstić information content (AvgIpc) is 4.13. The van der Waals surface area contributed by atoms with Crippen LogP contribution < -0.4 is 21.3 Å². The van der Waals surface area contributed by atoms with Crippen molar-refractivity contribution in [3.05, 3.63) is 48.0 Å². The third kappa shape index (κ3) is 8.34. The molecule has 4 aromatic rings. The van der Waals surface area contributed by atoms with E-state index in [0.717, 1.165) is 25.7 Å². The lowest BCUT2D eigenvalue weighted by atomic mass is 10.1. The predicted octanol–water partition coefficient (Wildman–Crippen LogP) is 1.26. The van der Waals surface area contributed by atoms with Crippen molar-refractivity contribution in [2.45, 2.75) is 114 Å². The molecule has 2 aromatic carbocycles. The van der Waals surface area contributed by atoms with E-state index in [1.165, 1.54) is 24.3 Å². The number of hydrogen-bond acceptors (Lipinski definition) is 10. The van der Waals surface area contributed by atoms with Gasteiger partial charge in [-0.25, -0.2) is 18.7 Å². The predicted molar refractivity (Wildman–Crippen MR) is 217 cm³/mol. The van der Waals surface area contributed by atoms with Crippen LogP contribution in [0.3, 0.4) is 0 Å². The molecule has 4 fully saturated rings. The molecule has 2 aliphatic carbocycles. The van der Waals surface area contributed by atoms with Crippen molar-refractivity contribution in [2.24, 2.45) is 11.8 Å². The first-order chi connectivity index (χ1) is 28.7. The van der Waals surface area contributed by atoms with Gasteiger partial charge < -0.3 is 50.4 Å². The van der Waals surface area contributed by atoms with Gasteiger partial charge in [-0.05, 0) is 103 Å². The number of carbonyl (C=O) groups is 4. The summed E-state index contributed by atoms with van der Waals surface area (Å²) in [6, 6.07) is 4.73. The maximum Gasteiger partial charge on any atom is 0.245 e. The van der Waals surface area contributed by atoms with E-state index in [1.807, 2.05) is 9.13 Å².